The van der Waals surface area contributed by atoms with Crippen molar-refractivity contribution >= 4 is 29.9 Å². The van der Waals surface area contributed by atoms with Crippen molar-refractivity contribution in [2.75, 3.05) is 11.9 Å². The van der Waals surface area contributed by atoms with Gasteiger partial charge in [-0.2, -0.15) is 0 Å². The molecule has 2 saturated heterocycles. The minimum Gasteiger partial charge on any atom is -0.331 e. The van der Waals surface area contributed by atoms with Crippen LogP contribution < -0.4 is 10.6 Å². The molecule has 2 fully saturated rings. The first-order chi connectivity index (χ1) is 12.4. The first-order valence-electron chi connectivity index (χ1n) is 9.51. The van der Waals surface area contributed by atoms with Crippen LogP contribution in [-0.4, -0.2) is 41.4 Å². The van der Waals surface area contributed by atoms with Crippen molar-refractivity contribution in [3.63, 3.8) is 0 Å². The third-order valence-electron chi connectivity index (χ3n) is 5.42. The molecule has 2 atom stereocenters. The fraction of sp³-hybridized carbons (Fsp3) is 0.600. The Bertz CT molecular complexity index is 641. The molecule has 1 aromatic carbocycles. The summed E-state index contributed by atoms with van der Waals surface area (Å²) in [6.07, 6.45) is 5.04. The van der Waals surface area contributed by atoms with Gasteiger partial charge in [-0.3, -0.25) is 9.59 Å². The average Bonchev–Trinajstić information content (AvgIpc) is 2.93. The molecule has 0 saturated carbocycles. The number of carbonyl (C=O) groups excluding carboxylic acids is 2. The molecule has 2 aliphatic rings. The zero-order valence-electron chi connectivity index (χ0n) is 15.9. The van der Waals surface area contributed by atoms with E-state index in [0.29, 0.717) is 30.1 Å². The van der Waals surface area contributed by atoms with E-state index in [0.717, 1.165) is 12.8 Å². The molecule has 3 rings (SSSR count). The van der Waals surface area contributed by atoms with E-state index >= 15 is 0 Å². The average molecular weight is 398 g/mol. The van der Waals surface area contributed by atoms with Gasteiger partial charge in [-0.05, 0) is 69.7 Å². The SMILES string of the molecule is CC(C)N(CC(=O)Nc1ccc(F)cc1)C(=O)CC1CC2CCC(C1)N2.Cl. The highest BCUT2D eigenvalue weighted by Gasteiger charge is 2.35. The van der Waals surface area contributed by atoms with Gasteiger partial charge in [0.15, 0.2) is 0 Å². The van der Waals surface area contributed by atoms with Gasteiger partial charge in [-0.1, -0.05) is 0 Å². The van der Waals surface area contributed by atoms with Crippen LogP contribution in [0.2, 0.25) is 0 Å². The fourth-order valence-corrected chi connectivity index (χ4v) is 4.15. The van der Waals surface area contributed by atoms with Crippen molar-refractivity contribution in [2.45, 2.75) is 64.1 Å². The molecule has 2 unspecified atom stereocenters. The maximum absolute atomic E-state index is 13.0. The smallest absolute Gasteiger partial charge is 0.244 e. The maximum Gasteiger partial charge on any atom is 0.244 e. The zero-order chi connectivity index (χ0) is 18.7. The second-order valence-electron chi connectivity index (χ2n) is 7.85. The van der Waals surface area contributed by atoms with E-state index < -0.39 is 0 Å². The number of anilines is 1. The number of nitrogens with zero attached hydrogens (tertiary/aromatic N) is 1. The summed E-state index contributed by atoms with van der Waals surface area (Å²) >= 11 is 0. The third kappa shape index (κ3) is 5.91. The summed E-state index contributed by atoms with van der Waals surface area (Å²) in [5, 5.41) is 6.32. The highest BCUT2D eigenvalue weighted by molar-refractivity contribution is 5.94. The van der Waals surface area contributed by atoms with Crippen molar-refractivity contribution < 1.29 is 14.0 Å². The van der Waals surface area contributed by atoms with Crippen LogP contribution in [0.4, 0.5) is 10.1 Å². The largest absolute Gasteiger partial charge is 0.331 e. The van der Waals surface area contributed by atoms with Crippen LogP contribution in [0.5, 0.6) is 0 Å². The van der Waals surface area contributed by atoms with Crippen LogP contribution in [0.25, 0.3) is 0 Å². The summed E-state index contributed by atoms with van der Waals surface area (Å²) in [6, 6.07) is 6.69. The van der Waals surface area contributed by atoms with Gasteiger partial charge >= 0.3 is 0 Å². The lowest BCUT2D eigenvalue weighted by molar-refractivity contribution is -0.137. The highest BCUT2D eigenvalue weighted by Crippen LogP contribution is 2.33. The van der Waals surface area contributed by atoms with Crippen LogP contribution >= 0.6 is 12.4 Å². The van der Waals surface area contributed by atoms with Gasteiger partial charge in [0.1, 0.15) is 12.4 Å². The van der Waals surface area contributed by atoms with Gasteiger partial charge in [0.25, 0.3) is 0 Å². The minimum atomic E-state index is -0.349. The molecule has 0 radical (unpaired) electrons. The lowest BCUT2D eigenvalue weighted by atomic mass is 9.89. The molecule has 27 heavy (non-hydrogen) atoms. The Morgan fingerprint density at radius 2 is 1.78 bits per heavy atom. The number of amides is 2. The Kier molecular flexibility index (Phi) is 7.62. The van der Waals surface area contributed by atoms with Crippen LogP contribution in [0.15, 0.2) is 24.3 Å². The zero-order valence-corrected chi connectivity index (χ0v) is 16.7. The third-order valence-corrected chi connectivity index (χ3v) is 5.42. The van der Waals surface area contributed by atoms with Crippen molar-refractivity contribution in [1.82, 2.24) is 10.2 Å². The predicted molar refractivity (Wildman–Crippen MR) is 106 cm³/mol. The van der Waals surface area contributed by atoms with Gasteiger partial charge < -0.3 is 15.5 Å². The standard InChI is InChI=1S/C20H28FN3O2.ClH/c1-13(2)24(12-19(25)23-16-5-3-15(21)4-6-16)20(26)11-14-9-17-7-8-18(10-14)22-17;/h3-6,13-14,17-18,22H,7-12H2,1-2H3,(H,23,25);1H. The molecular weight excluding hydrogens is 369 g/mol. The monoisotopic (exact) mass is 397 g/mol. The van der Waals surface area contributed by atoms with Crippen molar-refractivity contribution in [1.29, 1.82) is 0 Å². The Hall–Kier alpha value is -1.66. The number of carbonyl (C=O) groups is 2. The Labute approximate surface area is 166 Å². The molecule has 2 aliphatic heterocycles. The van der Waals surface area contributed by atoms with Crippen LogP contribution in [-0.2, 0) is 9.59 Å². The molecule has 2 heterocycles. The molecule has 2 N–H and O–H groups in total. The van der Waals surface area contributed by atoms with E-state index in [2.05, 4.69) is 10.6 Å². The second kappa shape index (κ2) is 9.51. The number of hydrogen-bond acceptors (Lipinski definition) is 3. The van der Waals surface area contributed by atoms with Gasteiger partial charge in [0.2, 0.25) is 11.8 Å². The quantitative estimate of drug-likeness (QED) is 0.773. The second-order valence-corrected chi connectivity index (χ2v) is 7.85. The number of hydrogen-bond donors (Lipinski definition) is 2. The van der Waals surface area contributed by atoms with E-state index in [9.17, 15) is 14.0 Å². The molecule has 2 amide bonds. The van der Waals surface area contributed by atoms with Crippen molar-refractivity contribution in [2.24, 2.45) is 5.92 Å². The van der Waals surface area contributed by atoms with Gasteiger partial charge in [-0.25, -0.2) is 4.39 Å². The molecule has 7 heteroatoms. The molecule has 0 aliphatic carbocycles. The molecule has 2 bridgehead atoms. The Balaban J connectivity index is 0.00000261. The van der Waals surface area contributed by atoms with Gasteiger partial charge in [0, 0.05) is 30.2 Å². The van der Waals surface area contributed by atoms with E-state index in [1.807, 2.05) is 13.8 Å². The highest BCUT2D eigenvalue weighted by atomic mass is 35.5. The van der Waals surface area contributed by atoms with Crippen LogP contribution in [0, 0.1) is 11.7 Å². The molecule has 5 nitrogen and oxygen atoms in total. The van der Waals surface area contributed by atoms with Crippen molar-refractivity contribution in [3.05, 3.63) is 30.1 Å². The number of nitrogens with one attached hydrogen (secondary N) is 2. The first kappa shape index (κ1) is 21.6. The molecule has 0 spiro atoms. The fourth-order valence-electron chi connectivity index (χ4n) is 4.15. The maximum atomic E-state index is 13.0. The van der Waals surface area contributed by atoms with Gasteiger partial charge in [0.05, 0.1) is 0 Å². The Morgan fingerprint density at radius 1 is 1.19 bits per heavy atom. The van der Waals surface area contributed by atoms with Crippen molar-refractivity contribution in [3.8, 4) is 0 Å². The molecule has 150 valence electrons. The van der Waals surface area contributed by atoms with E-state index in [-0.39, 0.29) is 42.6 Å². The molecule has 1 aromatic rings. The summed E-state index contributed by atoms with van der Waals surface area (Å²) in [6.45, 7) is 3.87. The number of piperidine rings is 1. The van der Waals surface area contributed by atoms with Crippen LogP contribution in [0.1, 0.15) is 46.0 Å². The number of halogens is 2. The predicted octanol–water partition coefficient (Wildman–Crippen LogP) is 3.34. The van der Waals surface area contributed by atoms with E-state index in [1.54, 1.807) is 4.90 Å². The summed E-state index contributed by atoms with van der Waals surface area (Å²) in [7, 11) is 0. The molecular formula is C20H29ClFN3O2. The van der Waals surface area contributed by atoms with Crippen LogP contribution in [0.3, 0.4) is 0 Å². The lowest BCUT2D eigenvalue weighted by Crippen LogP contribution is -2.45. The minimum absolute atomic E-state index is 0. The first-order valence-corrected chi connectivity index (χ1v) is 9.51. The number of rotatable bonds is 6. The number of fused-ring (bicyclic) bond motifs is 2. The Morgan fingerprint density at radius 3 is 2.33 bits per heavy atom. The summed E-state index contributed by atoms with van der Waals surface area (Å²) in [5.41, 5.74) is 0.530. The topological polar surface area (TPSA) is 61.4 Å². The summed E-state index contributed by atoms with van der Waals surface area (Å²) < 4.78 is 13.0. The lowest BCUT2D eigenvalue weighted by Gasteiger charge is -2.32. The number of benzene rings is 1. The summed E-state index contributed by atoms with van der Waals surface area (Å²) in [5.74, 6) is -0.162. The van der Waals surface area contributed by atoms with Gasteiger partial charge in [-0.15, -0.1) is 12.4 Å². The van der Waals surface area contributed by atoms with E-state index in [4.69, 9.17) is 0 Å². The van der Waals surface area contributed by atoms with E-state index in [1.165, 1.54) is 37.1 Å². The summed E-state index contributed by atoms with van der Waals surface area (Å²) in [4.78, 5) is 26.8. The molecule has 0 aromatic heterocycles. The normalized spacial score (nSPS) is 23.6.